The predicted molar refractivity (Wildman–Crippen MR) is 69.7 cm³/mol. The average molecular weight is 241 g/mol. The first-order valence-electron chi connectivity index (χ1n) is 6.02. The van der Waals surface area contributed by atoms with Gasteiger partial charge in [-0.25, -0.2) is 4.98 Å². The van der Waals surface area contributed by atoms with Crippen molar-refractivity contribution in [1.29, 1.82) is 0 Å². The van der Waals surface area contributed by atoms with Gasteiger partial charge in [0.15, 0.2) is 0 Å². The maximum atomic E-state index is 6.03. The summed E-state index contributed by atoms with van der Waals surface area (Å²) in [7, 11) is 0. The lowest BCUT2D eigenvalue weighted by molar-refractivity contribution is 0.288. The van der Waals surface area contributed by atoms with Crippen LogP contribution in [0.5, 0.6) is 0 Å². The number of halogens is 1. The number of nitrogens with one attached hydrogen (secondary N) is 1. The molecular formula is C13H21ClN2. The van der Waals surface area contributed by atoms with Crippen molar-refractivity contribution in [1.82, 2.24) is 10.3 Å². The van der Waals surface area contributed by atoms with Gasteiger partial charge in [-0.2, -0.15) is 0 Å². The lowest BCUT2D eigenvalue weighted by Gasteiger charge is -2.32. The molecule has 0 aliphatic heterocycles. The standard InChI is InChI=1S/C13H21ClN2/c1-4-13(5-2,6-3)16-10-11-8-7-9-15-12(11)14/h7-9,16H,4-6,10H2,1-3H3. The molecule has 0 saturated carbocycles. The second-order valence-corrected chi connectivity index (χ2v) is 4.51. The van der Waals surface area contributed by atoms with Gasteiger partial charge in [-0.05, 0) is 25.3 Å². The largest absolute Gasteiger partial charge is 0.307 e. The van der Waals surface area contributed by atoms with Crippen LogP contribution in [0.4, 0.5) is 0 Å². The topological polar surface area (TPSA) is 24.9 Å². The van der Waals surface area contributed by atoms with Gasteiger partial charge >= 0.3 is 0 Å². The summed E-state index contributed by atoms with van der Waals surface area (Å²) in [5, 5.41) is 4.22. The highest BCUT2D eigenvalue weighted by molar-refractivity contribution is 6.30. The molecule has 0 unspecified atom stereocenters. The molecule has 16 heavy (non-hydrogen) atoms. The maximum Gasteiger partial charge on any atom is 0.133 e. The quantitative estimate of drug-likeness (QED) is 0.766. The summed E-state index contributed by atoms with van der Waals surface area (Å²) in [4.78, 5) is 4.08. The van der Waals surface area contributed by atoms with Gasteiger partial charge in [-0.1, -0.05) is 38.4 Å². The zero-order chi connectivity index (χ0) is 12.0. The highest BCUT2D eigenvalue weighted by atomic mass is 35.5. The molecule has 0 saturated heterocycles. The average Bonchev–Trinajstić information content (AvgIpc) is 2.34. The van der Waals surface area contributed by atoms with Crippen molar-refractivity contribution in [3.8, 4) is 0 Å². The van der Waals surface area contributed by atoms with E-state index in [0.29, 0.717) is 5.15 Å². The van der Waals surface area contributed by atoms with Crippen LogP contribution in [0, 0.1) is 0 Å². The van der Waals surface area contributed by atoms with Crippen LogP contribution in [-0.2, 0) is 6.54 Å². The van der Waals surface area contributed by atoms with E-state index in [0.717, 1.165) is 31.4 Å². The molecule has 1 aromatic heterocycles. The fraction of sp³-hybridized carbons (Fsp3) is 0.615. The van der Waals surface area contributed by atoms with Crippen molar-refractivity contribution in [2.45, 2.75) is 52.1 Å². The number of hydrogen-bond donors (Lipinski definition) is 1. The minimum absolute atomic E-state index is 0.235. The van der Waals surface area contributed by atoms with E-state index in [2.05, 4.69) is 31.1 Å². The molecule has 2 nitrogen and oxygen atoms in total. The molecule has 0 atom stereocenters. The molecule has 0 aliphatic rings. The van der Waals surface area contributed by atoms with Crippen LogP contribution < -0.4 is 5.32 Å². The van der Waals surface area contributed by atoms with Crippen molar-refractivity contribution < 1.29 is 0 Å². The Balaban J connectivity index is 2.66. The van der Waals surface area contributed by atoms with Crippen molar-refractivity contribution in [2.24, 2.45) is 0 Å². The second-order valence-electron chi connectivity index (χ2n) is 4.15. The normalized spacial score (nSPS) is 11.8. The summed E-state index contributed by atoms with van der Waals surface area (Å²) < 4.78 is 0. The van der Waals surface area contributed by atoms with Crippen molar-refractivity contribution in [3.05, 3.63) is 29.0 Å². The SMILES string of the molecule is CCC(CC)(CC)NCc1cccnc1Cl. The lowest BCUT2D eigenvalue weighted by Crippen LogP contribution is -2.43. The first kappa shape index (κ1) is 13.5. The minimum Gasteiger partial charge on any atom is -0.307 e. The molecule has 1 rings (SSSR count). The van der Waals surface area contributed by atoms with E-state index in [-0.39, 0.29) is 5.54 Å². The Bertz CT molecular complexity index is 313. The van der Waals surface area contributed by atoms with E-state index >= 15 is 0 Å². The molecule has 1 aromatic rings. The number of rotatable bonds is 6. The molecule has 90 valence electrons. The monoisotopic (exact) mass is 240 g/mol. The molecule has 0 fully saturated rings. The number of pyridine rings is 1. The van der Waals surface area contributed by atoms with Gasteiger partial charge in [-0.15, -0.1) is 0 Å². The smallest absolute Gasteiger partial charge is 0.133 e. The molecular weight excluding hydrogens is 220 g/mol. The molecule has 0 bridgehead atoms. The van der Waals surface area contributed by atoms with E-state index in [4.69, 9.17) is 11.6 Å². The van der Waals surface area contributed by atoms with Crippen LogP contribution in [0.15, 0.2) is 18.3 Å². The van der Waals surface area contributed by atoms with Gasteiger partial charge in [0.2, 0.25) is 0 Å². The summed E-state index contributed by atoms with van der Waals surface area (Å²) in [6.45, 7) is 7.47. The van der Waals surface area contributed by atoms with Crippen LogP contribution in [-0.4, -0.2) is 10.5 Å². The first-order chi connectivity index (χ1) is 7.67. The van der Waals surface area contributed by atoms with Gasteiger partial charge < -0.3 is 5.32 Å². The van der Waals surface area contributed by atoms with Gasteiger partial charge in [0, 0.05) is 23.8 Å². The van der Waals surface area contributed by atoms with Gasteiger partial charge in [0.1, 0.15) is 5.15 Å². The minimum atomic E-state index is 0.235. The fourth-order valence-electron chi connectivity index (χ4n) is 1.96. The van der Waals surface area contributed by atoms with Gasteiger partial charge in [0.05, 0.1) is 0 Å². The molecule has 0 aliphatic carbocycles. The third-order valence-corrected chi connectivity index (χ3v) is 3.86. The van der Waals surface area contributed by atoms with Crippen LogP contribution in [0.2, 0.25) is 5.15 Å². The number of aromatic nitrogens is 1. The molecule has 0 amide bonds. The summed E-state index contributed by atoms with van der Waals surface area (Å²) in [6.07, 6.45) is 5.13. The van der Waals surface area contributed by atoms with Crippen molar-refractivity contribution >= 4 is 11.6 Å². The van der Waals surface area contributed by atoms with Crippen LogP contribution in [0.3, 0.4) is 0 Å². The van der Waals surface area contributed by atoms with Crippen LogP contribution in [0.25, 0.3) is 0 Å². The molecule has 0 spiro atoms. The Morgan fingerprint density at radius 2 is 1.88 bits per heavy atom. The predicted octanol–water partition coefficient (Wildman–Crippen LogP) is 3.79. The Hall–Kier alpha value is -0.600. The van der Waals surface area contributed by atoms with Crippen LogP contribution in [0.1, 0.15) is 45.6 Å². The first-order valence-corrected chi connectivity index (χ1v) is 6.39. The van der Waals surface area contributed by atoms with E-state index < -0.39 is 0 Å². The van der Waals surface area contributed by atoms with Gasteiger partial charge in [-0.3, -0.25) is 0 Å². The van der Waals surface area contributed by atoms with Crippen LogP contribution >= 0.6 is 11.6 Å². The Morgan fingerprint density at radius 3 is 2.38 bits per heavy atom. The zero-order valence-electron chi connectivity index (χ0n) is 10.4. The zero-order valence-corrected chi connectivity index (χ0v) is 11.1. The van der Waals surface area contributed by atoms with Crippen molar-refractivity contribution in [3.63, 3.8) is 0 Å². The Kier molecular flexibility index (Phi) is 5.23. The van der Waals surface area contributed by atoms with E-state index in [1.165, 1.54) is 0 Å². The maximum absolute atomic E-state index is 6.03. The van der Waals surface area contributed by atoms with E-state index in [1.54, 1.807) is 6.20 Å². The third kappa shape index (κ3) is 3.19. The van der Waals surface area contributed by atoms with Crippen molar-refractivity contribution in [2.75, 3.05) is 0 Å². The Morgan fingerprint density at radius 1 is 1.25 bits per heavy atom. The van der Waals surface area contributed by atoms with E-state index in [1.807, 2.05) is 12.1 Å². The third-order valence-electron chi connectivity index (χ3n) is 3.52. The molecule has 1 N–H and O–H groups in total. The number of nitrogens with zero attached hydrogens (tertiary/aromatic N) is 1. The van der Waals surface area contributed by atoms with E-state index in [9.17, 15) is 0 Å². The highest BCUT2D eigenvalue weighted by Gasteiger charge is 2.22. The molecule has 0 aromatic carbocycles. The number of hydrogen-bond acceptors (Lipinski definition) is 2. The second kappa shape index (κ2) is 6.21. The molecule has 3 heteroatoms. The summed E-state index contributed by atoms with van der Waals surface area (Å²) >= 11 is 6.03. The summed E-state index contributed by atoms with van der Waals surface area (Å²) in [5.41, 5.74) is 1.31. The molecule has 0 radical (unpaired) electrons. The fourth-order valence-corrected chi connectivity index (χ4v) is 2.15. The lowest BCUT2D eigenvalue weighted by atomic mass is 9.89. The summed E-state index contributed by atoms with van der Waals surface area (Å²) in [6, 6.07) is 3.95. The molecule has 1 heterocycles. The Labute approximate surface area is 103 Å². The summed E-state index contributed by atoms with van der Waals surface area (Å²) in [5.74, 6) is 0. The highest BCUT2D eigenvalue weighted by Crippen LogP contribution is 2.21. The van der Waals surface area contributed by atoms with Gasteiger partial charge in [0.25, 0.3) is 0 Å².